The number of hydrogen-bond acceptors (Lipinski definition) is 4. The van der Waals surface area contributed by atoms with Crippen LogP contribution in [0, 0.1) is 11.8 Å². The highest BCUT2D eigenvalue weighted by molar-refractivity contribution is 5.94. The van der Waals surface area contributed by atoms with E-state index in [0.29, 0.717) is 17.3 Å². The van der Waals surface area contributed by atoms with Crippen LogP contribution in [0.1, 0.15) is 28.9 Å². The van der Waals surface area contributed by atoms with Gasteiger partial charge in [-0.25, -0.2) is 4.98 Å². The molecule has 1 unspecified atom stereocenters. The highest BCUT2D eigenvalue weighted by atomic mass is 16.2. The highest BCUT2D eigenvalue weighted by Gasteiger charge is 2.33. The van der Waals surface area contributed by atoms with E-state index in [9.17, 15) is 4.79 Å². The van der Waals surface area contributed by atoms with Crippen molar-refractivity contribution >= 4 is 5.91 Å². The first-order chi connectivity index (χ1) is 10.3. The monoisotopic (exact) mass is 284 g/mol. The lowest BCUT2D eigenvalue weighted by Crippen LogP contribution is -2.52. The summed E-state index contributed by atoms with van der Waals surface area (Å²) in [5.41, 5.74) is 6.53. The summed E-state index contributed by atoms with van der Waals surface area (Å²) in [6.45, 7) is 3.99. The zero-order chi connectivity index (χ0) is 14.7. The van der Waals surface area contributed by atoms with E-state index in [1.165, 1.54) is 19.4 Å². The van der Waals surface area contributed by atoms with Gasteiger partial charge in [-0.05, 0) is 31.5 Å². The van der Waals surface area contributed by atoms with Crippen molar-refractivity contribution in [1.29, 1.82) is 0 Å². The van der Waals surface area contributed by atoms with Gasteiger partial charge in [0.25, 0.3) is 5.91 Å². The van der Waals surface area contributed by atoms with Gasteiger partial charge >= 0.3 is 0 Å². The summed E-state index contributed by atoms with van der Waals surface area (Å²) in [6.07, 6.45) is 4.07. The predicted octanol–water partition coefficient (Wildman–Crippen LogP) is 0.312. The van der Waals surface area contributed by atoms with E-state index >= 15 is 0 Å². The molecular weight excluding hydrogens is 264 g/mol. The molecule has 3 heterocycles. The van der Waals surface area contributed by atoms with E-state index in [-0.39, 0.29) is 12.5 Å². The number of aromatic nitrogens is 1. The molecular formula is C16H20N4O. The van der Waals surface area contributed by atoms with E-state index in [4.69, 9.17) is 5.73 Å². The molecule has 0 saturated carbocycles. The number of pyridine rings is 1. The third kappa shape index (κ3) is 2.92. The summed E-state index contributed by atoms with van der Waals surface area (Å²) < 4.78 is 0. The SMILES string of the molecule is NCC#Cc1cccnc1C(=O)N1CCN2CCCC2C1. The van der Waals surface area contributed by atoms with Gasteiger partial charge in [-0.1, -0.05) is 11.8 Å². The van der Waals surface area contributed by atoms with Gasteiger partial charge in [0.1, 0.15) is 5.69 Å². The molecule has 2 aliphatic rings. The van der Waals surface area contributed by atoms with Crippen molar-refractivity contribution in [1.82, 2.24) is 14.8 Å². The van der Waals surface area contributed by atoms with Crippen LogP contribution in [-0.4, -0.2) is 59.5 Å². The third-order valence-electron chi connectivity index (χ3n) is 4.21. The first kappa shape index (κ1) is 14.1. The maximum absolute atomic E-state index is 12.7. The summed E-state index contributed by atoms with van der Waals surface area (Å²) >= 11 is 0. The predicted molar refractivity (Wildman–Crippen MR) is 80.7 cm³/mol. The van der Waals surface area contributed by atoms with Gasteiger partial charge in [0.05, 0.1) is 12.1 Å². The van der Waals surface area contributed by atoms with Crippen molar-refractivity contribution in [3.05, 3.63) is 29.6 Å². The molecule has 1 amide bonds. The van der Waals surface area contributed by atoms with Crippen LogP contribution in [0.3, 0.4) is 0 Å². The minimum atomic E-state index is -0.0107. The van der Waals surface area contributed by atoms with Gasteiger partial charge in [-0.15, -0.1) is 0 Å². The Kier molecular flexibility index (Phi) is 4.18. The fourth-order valence-corrected chi connectivity index (χ4v) is 3.15. The van der Waals surface area contributed by atoms with Gasteiger partial charge in [0.2, 0.25) is 0 Å². The molecule has 5 heteroatoms. The van der Waals surface area contributed by atoms with Crippen LogP contribution >= 0.6 is 0 Å². The summed E-state index contributed by atoms with van der Waals surface area (Å²) in [4.78, 5) is 21.4. The van der Waals surface area contributed by atoms with E-state index in [1.54, 1.807) is 12.3 Å². The van der Waals surface area contributed by atoms with Crippen molar-refractivity contribution < 1.29 is 4.79 Å². The maximum atomic E-state index is 12.7. The second kappa shape index (κ2) is 6.25. The van der Waals surface area contributed by atoms with Crippen molar-refractivity contribution in [2.24, 2.45) is 5.73 Å². The van der Waals surface area contributed by atoms with Gasteiger partial charge in [-0.3, -0.25) is 9.69 Å². The number of nitrogens with zero attached hydrogens (tertiary/aromatic N) is 3. The lowest BCUT2D eigenvalue weighted by Gasteiger charge is -2.37. The normalized spacial score (nSPS) is 21.6. The van der Waals surface area contributed by atoms with Crippen LogP contribution in [0.4, 0.5) is 0 Å². The summed E-state index contributed by atoms with van der Waals surface area (Å²) in [6, 6.07) is 4.14. The second-order valence-electron chi connectivity index (χ2n) is 5.49. The Morgan fingerprint density at radius 2 is 2.33 bits per heavy atom. The number of hydrogen-bond donors (Lipinski definition) is 1. The number of carbonyl (C=O) groups is 1. The number of amides is 1. The molecule has 2 saturated heterocycles. The molecule has 0 aromatic carbocycles. The van der Waals surface area contributed by atoms with Crippen molar-refractivity contribution in [3.63, 3.8) is 0 Å². The molecule has 110 valence electrons. The molecule has 5 nitrogen and oxygen atoms in total. The van der Waals surface area contributed by atoms with Gasteiger partial charge < -0.3 is 10.6 Å². The van der Waals surface area contributed by atoms with Gasteiger partial charge in [0.15, 0.2) is 0 Å². The number of fused-ring (bicyclic) bond motifs is 1. The molecule has 21 heavy (non-hydrogen) atoms. The number of nitrogens with two attached hydrogens (primary N) is 1. The second-order valence-corrected chi connectivity index (χ2v) is 5.49. The Bertz CT molecular complexity index is 589. The molecule has 0 aliphatic carbocycles. The molecule has 2 N–H and O–H groups in total. The first-order valence-electron chi connectivity index (χ1n) is 7.47. The number of rotatable bonds is 1. The van der Waals surface area contributed by atoms with E-state index in [2.05, 4.69) is 21.7 Å². The van der Waals surface area contributed by atoms with Crippen molar-refractivity contribution in [2.45, 2.75) is 18.9 Å². The number of carbonyl (C=O) groups excluding carboxylic acids is 1. The van der Waals surface area contributed by atoms with E-state index in [0.717, 1.165) is 19.6 Å². The molecule has 2 fully saturated rings. The average molecular weight is 284 g/mol. The Morgan fingerprint density at radius 1 is 1.43 bits per heavy atom. The Balaban J connectivity index is 1.79. The van der Waals surface area contributed by atoms with Crippen LogP contribution in [0.5, 0.6) is 0 Å². The van der Waals surface area contributed by atoms with Gasteiger partial charge in [0, 0.05) is 31.9 Å². The molecule has 1 aromatic heterocycles. The Morgan fingerprint density at radius 3 is 3.19 bits per heavy atom. The zero-order valence-electron chi connectivity index (χ0n) is 12.1. The fourth-order valence-electron chi connectivity index (χ4n) is 3.15. The Labute approximate surface area is 125 Å². The summed E-state index contributed by atoms with van der Waals surface area (Å²) in [7, 11) is 0. The summed E-state index contributed by atoms with van der Waals surface area (Å²) in [5, 5.41) is 0. The topological polar surface area (TPSA) is 62.5 Å². The van der Waals surface area contributed by atoms with Crippen LogP contribution in [0.25, 0.3) is 0 Å². The van der Waals surface area contributed by atoms with E-state index in [1.807, 2.05) is 11.0 Å². The van der Waals surface area contributed by atoms with Crippen LogP contribution in [0.15, 0.2) is 18.3 Å². The lowest BCUT2D eigenvalue weighted by molar-refractivity contribution is 0.0565. The average Bonchev–Trinajstić information content (AvgIpc) is 3.00. The van der Waals surface area contributed by atoms with Crippen molar-refractivity contribution in [3.8, 4) is 11.8 Å². The molecule has 3 rings (SSSR count). The number of piperazine rings is 1. The molecule has 1 aromatic rings. The van der Waals surface area contributed by atoms with E-state index < -0.39 is 0 Å². The first-order valence-corrected chi connectivity index (χ1v) is 7.47. The van der Waals surface area contributed by atoms with Crippen LogP contribution in [-0.2, 0) is 0 Å². The highest BCUT2D eigenvalue weighted by Crippen LogP contribution is 2.22. The van der Waals surface area contributed by atoms with Crippen LogP contribution < -0.4 is 5.73 Å². The smallest absolute Gasteiger partial charge is 0.273 e. The quantitative estimate of drug-likeness (QED) is 0.754. The minimum Gasteiger partial charge on any atom is -0.334 e. The third-order valence-corrected chi connectivity index (χ3v) is 4.21. The molecule has 2 aliphatic heterocycles. The van der Waals surface area contributed by atoms with Crippen LogP contribution in [0.2, 0.25) is 0 Å². The zero-order valence-corrected chi connectivity index (χ0v) is 12.1. The fraction of sp³-hybridized carbons (Fsp3) is 0.500. The minimum absolute atomic E-state index is 0.0107. The largest absolute Gasteiger partial charge is 0.334 e. The molecule has 0 spiro atoms. The summed E-state index contributed by atoms with van der Waals surface area (Å²) in [5.74, 6) is 5.73. The molecule has 0 radical (unpaired) electrons. The lowest BCUT2D eigenvalue weighted by atomic mass is 10.1. The Hall–Kier alpha value is -1.90. The molecule has 0 bridgehead atoms. The van der Waals surface area contributed by atoms with Gasteiger partial charge in [-0.2, -0.15) is 0 Å². The molecule has 1 atom stereocenters. The maximum Gasteiger partial charge on any atom is 0.273 e. The van der Waals surface area contributed by atoms with Crippen molar-refractivity contribution in [2.75, 3.05) is 32.7 Å². The standard InChI is InChI=1S/C16H20N4O/c17-7-1-4-13-5-2-8-18-15(13)16(21)20-11-10-19-9-3-6-14(19)12-20/h2,5,8,14H,3,6-7,9-12,17H2.